The molecule has 10 aromatic heterocycles. The summed E-state index contributed by atoms with van der Waals surface area (Å²) in [6, 6.07) is 10.3. The number of oxazole rings is 3. The normalized spacial score (nSPS) is 8.56. The lowest BCUT2D eigenvalue weighted by atomic mass is 10.1. The van der Waals surface area contributed by atoms with Gasteiger partial charge in [0.25, 0.3) is 0 Å². The van der Waals surface area contributed by atoms with Crippen molar-refractivity contribution in [2.45, 2.75) is 415 Å². The summed E-state index contributed by atoms with van der Waals surface area (Å²) in [7, 11) is 0. The first kappa shape index (κ1) is 164. The Morgan fingerprint density at radius 3 is 1.14 bits per heavy atom. The Kier molecular flexibility index (Phi) is 164. The number of nitrogens with zero attached hydrogens (tertiary/aromatic N) is 9. The number of H-pyrrole nitrogens is 3. The van der Waals surface area contributed by atoms with E-state index in [1.165, 1.54) is 51.6 Å². The summed E-state index contributed by atoms with van der Waals surface area (Å²) in [6.45, 7) is 83.7. The van der Waals surface area contributed by atoms with E-state index in [0.717, 1.165) is 110 Å². The molecule has 10 heterocycles. The Hall–Kier alpha value is -7.09. The summed E-state index contributed by atoms with van der Waals surface area (Å²) in [5.74, 6) is 10.9. The van der Waals surface area contributed by atoms with Crippen LogP contribution in [0.25, 0.3) is 11.0 Å². The first-order valence-electron chi connectivity index (χ1n) is 43.5. The Bertz CT molecular complexity index is 2660. The molecule has 0 aliphatic carbocycles. The molecule has 0 unspecified atom stereocenters. The van der Waals surface area contributed by atoms with E-state index in [4.69, 9.17) is 17.7 Å². The highest BCUT2D eigenvalue weighted by Crippen LogP contribution is 2.21. The van der Waals surface area contributed by atoms with Crippen molar-refractivity contribution < 1.29 is 17.7 Å². The number of rotatable bonds is 20. The van der Waals surface area contributed by atoms with E-state index in [2.05, 4.69) is 216 Å². The lowest BCUT2D eigenvalue weighted by Crippen LogP contribution is -1.95. The van der Waals surface area contributed by atoms with Gasteiger partial charge in [-0.3, -0.25) is 4.98 Å². The number of imidazole rings is 3. The molecule has 11 rings (SSSR count). The minimum Gasteiger partial charge on any atom is -0.461 e. The number of fused-ring (bicyclic) bond motifs is 1. The van der Waals surface area contributed by atoms with Gasteiger partial charge in [-0.05, 0) is 103 Å². The zero-order valence-corrected chi connectivity index (χ0v) is 83.0. The van der Waals surface area contributed by atoms with Crippen molar-refractivity contribution in [1.29, 1.82) is 0 Å². The smallest absolute Gasteiger partial charge is 0.194 e. The summed E-state index contributed by atoms with van der Waals surface area (Å²) in [5, 5.41) is 6.60. The summed E-state index contributed by atoms with van der Waals surface area (Å²) >= 11 is 5.15. The van der Waals surface area contributed by atoms with Gasteiger partial charge in [0.2, 0.25) is 0 Å². The van der Waals surface area contributed by atoms with Crippen LogP contribution in [-0.2, 0) is 64.2 Å². The third-order valence-corrected chi connectivity index (χ3v) is 14.4. The van der Waals surface area contributed by atoms with Crippen molar-refractivity contribution in [3.63, 3.8) is 0 Å². The van der Waals surface area contributed by atoms with Crippen molar-refractivity contribution in [3.8, 4) is 0 Å². The van der Waals surface area contributed by atoms with E-state index in [0.29, 0.717) is 41.4 Å². The van der Waals surface area contributed by atoms with Gasteiger partial charge < -0.3 is 32.6 Å². The van der Waals surface area contributed by atoms with Crippen LogP contribution in [0.2, 0.25) is 0 Å². The van der Waals surface area contributed by atoms with Gasteiger partial charge in [-0.1, -0.05) is 369 Å². The number of aromatic nitrogens is 12. The van der Waals surface area contributed by atoms with Crippen molar-refractivity contribution in [1.82, 2.24) is 59.8 Å². The van der Waals surface area contributed by atoms with Crippen molar-refractivity contribution >= 4 is 45.0 Å². The van der Waals surface area contributed by atoms with Crippen LogP contribution in [0.3, 0.4) is 0 Å². The Morgan fingerprint density at radius 2 is 0.806 bits per heavy atom. The van der Waals surface area contributed by atoms with Gasteiger partial charge >= 0.3 is 0 Å². The zero-order valence-electron chi connectivity index (χ0n) is 80.5. The van der Waals surface area contributed by atoms with Gasteiger partial charge in [-0.2, -0.15) is 0 Å². The largest absolute Gasteiger partial charge is 0.461 e. The molecule has 0 bridgehead atoms. The lowest BCUT2D eigenvalue weighted by Gasteiger charge is -1.98. The highest BCUT2D eigenvalue weighted by Gasteiger charge is 2.06. The molecule has 0 fully saturated rings. The first-order chi connectivity index (χ1) is 54.8. The second kappa shape index (κ2) is 124. The maximum atomic E-state index is 5.68. The molecule has 19 heteroatoms. The molecule has 11 aromatic rings. The maximum Gasteiger partial charge on any atom is 0.194 e. The highest BCUT2D eigenvalue weighted by molar-refractivity contribution is 7.09. The molecule has 0 aliphatic heterocycles. The van der Waals surface area contributed by atoms with Crippen LogP contribution in [0.5, 0.6) is 0 Å². The van der Waals surface area contributed by atoms with Crippen molar-refractivity contribution in [2.75, 3.05) is 0 Å². The minimum atomic E-state index is 0. The second-order valence-electron chi connectivity index (χ2n) is 27.2. The molecule has 0 spiro atoms. The van der Waals surface area contributed by atoms with Crippen molar-refractivity contribution in [3.05, 3.63) is 196 Å². The fraction of sp³-hybridized carbons (Fsp3) is 0.667. The number of para-hydroxylation sites is 1. The highest BCUT2D eigenvalue weighted by atomic mass is 32.1. The molecule has 0 atom stereocenters. The number of thiazole rings is 3. The molecule has 0 saturated heterocycles. The predicted octanol–water partition coefficient (Wildman–Crippen LogP) is 37.7. The molecule has 738 valence electrons. The van der Waals surface area contributed by atoms with E-state index in [9.17, 15) is 0 Å². The zero-order chi connectivity index (χ0) is 89.5. The van der Waals surface area contributed by atoms with Crippen LogP contribution in [0.4, 0.5) is 0 Å². The van der Waals surface area contributed by atoms with E-state index >= 15 is 0 Å². The quantitative estimate of drug-likeness (QED) is 0.0648. The third kappa shape index (κ3) is 113. The number of hydrogen-bond donors (Lipinski definition) is 3. The minimum absolute atomic E-state index is 0. The van der Waals surface area contributed by atoms with Gasteiger partial charge in [-0.15, -0.1) is 34.0 Å². The molecule has 3 N–H and O–H groups in total. The van der Waals surface area contributed by atoms with E-state index in [1.807, 2.05) is 204 Å². The summed E-state index contributed by atoms with van der Waals surface area (Å²) in [6.07, 6.45) is 34.9. The Balaban J connectivity index is -0.0000000564. The van der Waals surface area contributed by atoms with Crippen LogP contribution in [-0.4, -0.2) is 59.8 Å². The standard InChI is InChI=1S/C12H14O.3C7H12N2.3C7H11NO.3C7H11NS.10C2H6.10CH4/c1-9(2)7-11-8-10-5-3-4-6-12(10)13-11;2*1-6(2)3-7-4-8-5-9-7;1-6(2)5-7-8-3-4-9-7;1-6(2)3-7-4-9-5-8-7;1-6(2)3-7-4-8-5-9-7;1-6(2)5-7-8-3-4-9-7;1-6(2)3-7-4-9-5-8-7;1-6(2)3-7-4-8-5-9-7;1-6(2)5-7-8-3-4-9-7;10*1-2;;;;;;;;;;/h3-6,8-9H,7H2,1-2H3;2*4-6H,3H2,1-2H3,(H,8,9);3-4,6H,5H2,1-2H3,(H,8,9);2*4-6H,3H2,1-2H3;3-4,6H,5H2,1-2H3;2*4-6H,3H2,1-2H3;3-4,6H,5H2,1-2H3;10*1-2H3;10*1H4. The monoisotopic (exact) mass is 1810 g/mol. The third-order valence-electron chi connectivity index (χ3n) is 12.1. The van der Waals surface area contributed by atoms with Crippen LogP contribution in [0.1, 0.15) is 407 Å². The Morgan fingerprint density at radius 1 is 0.355 bits per heavy atom. The SMILES string of the molecule is C.C.C.C.C.C.C.C.C.C.CC.CC.CC.CC.CC.CC.CC.CC.CC.CC.CC(C)Cc1cc2ccccc2o1.CC(C)Cc1cnc[nH]1.CC(C)Cc1cnc[nH]1.CC(C)Cc1cnco1.CC(C)Cc1cncs1.CC(C)Cc1cocn1.CC(C)Cc1cscn1.CC(C)Cc1ncc[nH]1.CC(C)Cc1ncco1.CC(C)Cc1nccs1. The number of hydrogen-bond acceptors (Lipinski definition) is 16. The fourth-order valence-corrected chi connectivity index (χ4v) is 10.6. The average Bonchev–Trinajstić information content (AvgIpc) is 1.70. The molecular formula is C105H216N12O4S3. The molecule has 0 radical (unpaired) electrons. The first-order valence-corrected chi connectivity index (χ1v) is 46.2. The van der Waals surface area contributed by atoms with E-state index < -0.39 is 0 Å². The van der Waals surface area contributed by atoms with Gasteiger partial charge in [-0.25, -0.2) is 39.9 Å². The van der Waals surface area contributed by atoms with Crippen LogP contribution >= 0.6 is 34.0 Å². The second-order valence-corrected chi connectivity index (χ2v) is 29.8. The summed E-state index contributed by atoms with van der Waals surface area (Å²) in [4.78, 5) is 46.6. The molecule has 0 saturated carbocycles. The lowest BCUT2D eigenvalue weighted by molar-refractivity contribution is 0.458. The molecule has 124 heavy (non-hydrogen) atoms. The summed E-state index contributed by atoms with van der Waals surface area (Å²) < 4.78 is 20.5. The number of furan rings is 1. The summed E-state index contributed by atoms with van der Waals surface area (Å²) in [5.41, 5.74) is 9.50. The van der Waals surface area contributed by atoms with Gasteiger partial charge in [0.15, 0.2) is 18.7 Å². The molecule has 0 aliphatic rings. The van der Waals surface area contributed by atoms with Gasteiger partial charge in [0.05, 0.1) is 52.5 Å². The molecule has 0 amide bonds. The van der Waals surface area contributed by atoms with Gasteiger partial charge in [0, 0.05) is 102 Å². The van der Waals surface area contributed by atoms with E-state index in [-0.39, 0.29) is 74.3 Å². The molecule has 1 aromatic carbocycles. The Labute approximate surface area is 787 Å². The topological polar surface area (TPSA) is 216 Å². The average molecular weight is 1810 g/mol. The number of aromatic amines is 3. The van der Waals surface area contributed by atoms with Crippen LogP contribution in [0, 0.1) is 59.2 Å². The van der Waals surface area contributed by atoms with Crippen LogP contribution < -0.4 is 0 Å². The van der Waals surface area contributed by atoms with Crippen molar-refractivity contribution in [2.24, 2.45) is 59.2 Å². The predicted molar refractivity (Wildman–Crippen MR) is 574 cm³/mol. The molecule has 16 nitrogen and oxygen atoms in total. The number of benzene rings is 1. The van der Waals surface area contributed by atoms with E-state index in [1.54, 1.807) is 77.8 Å². The molecular weight excluding hydrogens is 1590 g/mol. The maximum absolute atomic E-state index is 5.68. The van der Waals surface area contributed by atoms with Crippen LogP contribution in [0.15, 0.2) is 157 Å². The van der Waals surface area contributed by atoms with Gasteiger partial charge in [0.1, 0.15) is 35.5 Å². The fourth-order valence-electron chi connectivity index (χ4n) is 8.42. The number of nitrogens with one attached hydrogen (secondary N) is 3.